The van der Waals surface area contributed by atoms with Crippen LogP contribution in [0.3, 0.4) is 0 Å². The molecule has 1 unspecified atom stereocenters. The second-order valence-corrected chi connectivity index (χ2v) is 13.7. The summed E-state index contributed by atoms with van der Waals surface area (Å²) in [5.41, 5.74) is 9.68. The van der Waals surface area contributed by atoms with Crippen LogP contribution in [0, 0.1) is 16.7 Å². The monoisotopic (exact) mass is 600 g/mol. The number of nitrogens with zero attached hydrogens (tertiary/aromatic N) is 4. The van der Waals surface area contributed by atoms with Gasteiger partial charge in [0.05, 0.1) is 38.5 Å². The van der Waals surface area contributed by atoms with E-state index in [1.807, 2.05) is 36.4 Å². The van der Waals surface area contributed by atoms with E-state index in [0.717, 1.165) is 55.5 Å². The van der Waals surface area contributed by atoms with Crippen molar-refractivity contribution in [3.05, 3.63) is 75.7 Å². The van der Waals surface area contributed by atoms with E-state index >= 15 is 0 Å². The van der Waals surface area contributed by atoms with Gasteiger partial charge in [0.25, 0.3) is 0 Å². The van der Waals surface area contributed by atoms with Crippen LogP contribution >= 0.6 is 23.2 Å². The summed E-state index contributed by atoms with van der Waals surface area (Å²) in [5.74, 6) is 0. The number of piperidine rings is 3. The first kappa shape index (κ1) is 28.9. The van der Waals surface area contributed by atoms with Crippen molar-refractivity contribution in [2.24, 2.45) is 5.41 Å². The minimum absolute atomic E-state index is 0.00306. The number of anilines is 2. The van der Waals surface area contributed by atoms with Crippen molar-refractivity contribution in [1.82, 2.24) is 25.9 Å². The Morgan fingerprint density at radius 1 is 1.10 bits per heavy atom. The Labute approximate surface area is 258 Å². The lowest BCUT2D eigenvalue weighted by Crippen LogP contribution is -2.62. The highest BCUT2D eigenvalue weighted by atomic mass is 35.5. The molecule has 216 valence electrons. The maximum Gasteiger partial charge on any atom is 0.119 e. The molecule has 2 aromatic carbocycles. The van der Waals surface area contributed by atoms with E-state index in [-0.39, 0.29) is 11.0 Å². The lowest BCUT2D eigenvalue weighted by Gasteiger charge is -2.52. The average molecular weight is 601 g/mol. The number of fused-ring (bicyclic) bond motifs is 4. The Balaban J connectivity index is 1.42. The van der Waals surface area contributed by atoms with Crippen LogP contribution in [-0.2, 0) is 5.44 Å². The number of benzene rings is 2. The van der Waals surface area contributed by atoms with Crippen molar-refractivity contribution in [3.63, 3.8) is 0 Å². The normalized spacial score (nSPS) is 23.2. The summed E-state index contributed by atoms with van der Waals surface area (Å²) < 4.78 is 0. The molecule has 4 N–H and O–H groups in total. The zero-order valence-corrected chi connectivity index (χ0v) is 25.7. The van der Waals surface area contributed by atoms with E-state index in [4.69, 9.17) is 31.0 Å². The summed E-state index contributed by atoms with van der Waals surface area (Å²) in [6.45, 7) is 10.4. The molecule has 5 heterocycles. The van der Waals surface area contributed by atoms with Crippen LogP contribution < -0.4 is 21.6 Å². The highest BCUT2D eigenvalue weighted by molar-refractivity contribution is 6.36. The van der Waals surface area contributed by atoms with Crippen molar-refractivity contribution < 1.29 is 0 Å². The predicted octanol–water partition coefficient (Wildman–Crippen LogP) is 5.71. The first-order chi connectivity index (χ1) is 20.0. The fourth-order valence-corrected chi connectivity index (χ4v) is 6.53. The van der Waals surface area contributed by atoms with Gasteiger partial charge in [-0.3, -0.25) is 9.99 Å². The third-order valence-corrected chi connectivity index (χ3v) is 9.21. The first-order valence-electron chi connectivity index (χ1n) is 14.3. The van der Waals surface area contributed by atoms with E-state index in [1.54, 1.807) is 6.20 Å². The third kappa shape index (κ3) is 5.38. The van der Waals surface area contributed by atoms with E-state index in [2.05, 4.69) is 69.5 Å². The van der Waals surface area contributed by atoms with E-state index in [0.29, 0.717) is 39.0 Å². The highest BCUT2D eigenvalue weighted by Crippen LogP contribution is 2.41. The largest absolute Gasteiger partial charge is 0.383 e. The molecule has 3 saturated heterocycles. The average Bonchev–Trinajstić information content (AvgIpc) is 3.49. The second kappa shape index (κ2) is 10.8. The predicted molar refractivity (Wildman–Crippen MR) is 171 cm³/mol. The standard InChI is InChI=1S/C31H35BCl2N8/c1-29(2,3)19-37-27-20(16-35)17-36-28-24(27)14-23(15-25(28)34)38-31(32,21-4-6-22(33)7-5-21)26-18-42(40-39-26)30-8-11-41(12-9-30)13-10-30/h4-7,14-15,17-18,38-40H,8-13,19H2,1-3H3,(H,36,37). The maximum absolute atomic E-state index is 9.88. The third-order valence-electron chi connectivity index (χ3n) is 8.67. The number of hydrogen-bond donors (Lipinski definition) is 4. The second-order valence-electron chi connectivity index (χ2n) is 12.8. The van der Waals surface area contributed by atoms with Gasteiger partial charge in [0.2, 0.25) is 0 Å². The molecule has 11 heteroatoms. The van der Waals surface area contributed by atoms with Crippen LogP contribution in [0.5, 0.6) is 0 Å². The molecule has 0 spiro atoms. The number of halogens is 2. The molecule has 1 aromatic heterocycles. The number of pyridine rings is 1. The molecule has 42 heavy (non-hydrogen) atoms. The Hall–Kier alpha value is -3.16. The number of nitriles is 1. The summed E-state index contributed by atoms with van der Waals surface area (Å²) in [7, 11) is 7.31. The fraction of sp³-hybridized carbons (Fsp3) is 0.419. The highest BCUT2D eigenvalue weighted by Gasteiger charge is 2.46. The SMILES string of the molecule is [B]C(Nc1cc(Cl)c2ncc(C#N)c(NCC(C)(C)C)c2c1)(C1=CN(C23CCN(CC2)CC3)NN1)c1ccc(Cl)cc1. The minimum Gasteiger partial charge on any atom is -0.383 e. The van der Waals surface area contributed by atoms with Crippen LogP contribution in [-0.4, -0.2) is 54.5 Å². The van der Waals surface area contributed by atoms with E-state index in [1.165, 1.54) is 0 Å². The Bertz CT molecular complexity index is 1560. The summed E-state index contributed by atoms with van der Waals surface area (Å²) in [6.07, 6.45) is 6.94. The fourth-order valence-electron chi connectivity index (χ4n) is 6.14. The molecule has 3 aromatic rings. The van der Waals surface area contributed by atoms with Crippen molar-refractivity contribution in [3.8, 4) is 6.07 Å². The summed E-state index contributed by atoms with van der Waals surface area (Å²) in [6, 6.07) is 13.6. The zero-order chi connectivity index (χ0) is 29.7. The number of aromatic nitrogens is 1. The van der Waals surface area contributed by atoms with Crippen molar-refractivity contribution >= 4 is 53.3 Å². The zero-order valence-electron chi connectivity index (χ0n) is 24.2. The number of hydrazine groups is 2. The summed E-state index contributed by atoms with van der Waals surface area (Å²) in [5, 5.41) is 21.0. The molecule has 8 nitrogen and oxygen atoms in total. The van der Waals surface area contributed by atoms with Crippen LogP contribution in [0.25, 0.3) is 10.9 Å². The van der Waals surface area contributed by atoms with Gasteiger partial charge in [-0.05, 0) is 54.5 Å². The molecule has 0 saturated carbocycles. The van der Waals surface area contributed by atoms with Gasteiger partial charge in [0.15, 0.2) is 0 Å². The molecule has 7 rings (SSSR count). The van der Waals surface area contributed by atoms with Gasteiger partial charge in [0.1, 0.15) is 13.9 Å². The molecule has 0 amide bonds. The number of hydrogen-bond acceptors (Lipinski definition) is 8. The van der Waals surface area contributed by atoms with Crippen LogP contribution in [0.15, 0.2) is 54.5 Å². The summed E-state index contributed by atoms with van der Waals surface area (Å²) >= 11 is 13.1. The minimum atomic E-state index is -1.17. The smallest absolute Gasteiger partial charge is 0.119 e. The lowest BCUT2D eigenvalue weighted by molar-refractivity contribution is -0.0300. The van der Waals surface area contributed by atoms with E-state index < -0.39 is 5.44 Å². The molecule has 1 atom stereocenters. The Morgan fingerprint density at radius 2 is 1.79 bits per heavy atom. The topological polar surface area (TPSA) is 91.3 Å². The molecule has 2 radical (unpaired) electrons. The Morgan fingerprint density at radius 3 is 2.43 bits per heavy atom. The van der Waals surface area contributed by atoms with Gasteiger partial charge in [-0.2, -0.15) is 5.26 Å². The van der Waals surface area contributed by atoms with Crippen molar-refractivity contribution in [1.29, 1.82) is 5.26 Å². The first-order valence-corrected chi connectivity index (χ1v) is 15.1. The van der Waals surface area contributed by atoms with Gasteiger partial charge in [-0.15, -0.1) is 5.53 Å². The Kier molecular flexibility index (Phi) is 7.47. The van der Waals surface area contributed by atoms with Gasteiger partial charge in [0, 0.05) is 54.7 Å². The lowest BCUT2D eigenvalue weighted by atomic mass is 9.69. The maximum atomic E-state index is 9.88. The van der Waals surface area contributed by atoms with Crippen LogP contribution in [0.4, 0.5) is 11.4 Å². The number of rotatable bonds is 7. The van der Waals surface area contributed by atoms with Gasteiger partial charge in [-0.25, -0.2) is 0 Å². The van der Waals surface area contributed by atoms with Crippen LogP contribution in [0.2, 0.25) is 10.0 Å². The molecular formula is C31H35BCl2N8. The van der Waals surface area contributed by atoms with Gasteiger partial charge >= 0.3 is 0 Å². The van der Waals surface area contributed by atoms with Crippen LogP contribution in [0.1, 0.15) is 51.2 Å². The van der Waals surface area contributed by atoms with Gasteiger partial charge < -0.3 is 21.0 Å². The van der Waals surface area contributed by atoms with E-state index in [9.17, 15) is 5.26 Å². The van der Waals surface area contributed by atoms with Crippen molar-refractivity contribution in [2.75, 3.05) is 36.8 Å². The number of nitrogens with one attached hydrogen (secondary N) is 4. The molecule has 4 aliphatic rings. The molecule has 4 aliphatic heterocycles. The molecule has 3 fully saturated rings. The van der Waals surface area contributed by atoms with Crippen molar-refractivity contribution in [2.45, 2.75) is 51.0 Å². The quantitative estimate of drug-likeness (QED) is 0.256. The molecule has 2 bridgehead atoms. The molecule has 0 aliphatic carbocycles. The van der Waals surface area contributed by atoms with Gasteiger partial charge in [-0.1, -0.05) is 56.1 Å². The summed E-state index contributed by atoms with van der Waals surface area (Å²) in [4.78, 5) is 7.04. The molecular weight excluding hydrogens is 566 g/mol.